The normalized spacial score (nSPS) is 20.8. The quantitative estimate of drug-likeness (QED) is 0.762. The number of nitrogens with zero attached hydrogens (tertiary/aromatic N) is 2. The highest BCUT2D eigenvalue weighted by molar-refractivity contribution is 6.34. The highest BCUT2D eigenvalue weighted by atomic mass is 35.5. The van der Waals surface area contributed by atoms with Crippen LogP contribution in [0.4, 0.5) is 10.5 Å². The maximum Gasteiger partial charge on any atom is 0.410 e. The summed E-state index contributed by atoms with van der Waals surface area (Å²) in [5.74, 6) is -0.968. The largest absolute Gasteiger partial charge is 0.444 e. The number of ether oxygens (including phenoxy) is 1. The number of hydrogen-bond donors (Lipinski definition) is 1. The van der Waals surface area contributed by atoms with E-state index in [0.717, 1.165) is 11.3 Å². The molecule has 2 aliphatic heterocycles. The molecule has 3 rings (SSSR count). The zero-order valence-corrected chi connectivity index (χ0v) is 17.2. The van der Waals surface area contributed by atoms with Crippen LogP contribution in [0.1, 0.15) is 45.1 Å². The van der Waals surface area contributed by atoms with Crippen LogP contribution in [-0.4, -0.2) is 54.6 Å². The molecule has 2 fully saturated rings. The molecule has 28 heavy (non-hydrogen) atoms. The summed E-state index contributed by atoms with van der Waals surface area (Å²) in [5.41, 5.74) is 1.06. The van der Waals surface area contributed by atoms with E-state index in [-0.39, 0.29) is 17.9 Å². The van der Waals surface area contributed by atoms with Crippen LogP contribution >= 0.6 is 11.6 Å². The zero-order chi connectivity index (χ0) is 20.5. The average Bonchev–Trinajstić information content (AvgIpc) is 2.61. The van der Waals surface area contributed by atoms with Crippen molar-refractivity contribution in [3.8, 4) is 0 Å². The summed E-state index contributed by atoms with van der Waals surface area (Å²) in [6.45, 7) is 7.86. The van der Waals surface area contributed by atoms with Gasteiger partial charge >= 0.3 is 6.09 Å². The Morgan fingerprint density at radius 2 is 1.86 bits per heavy atom. The predicted molar refractivity (Wildman–Crippen MR) is 107 cm³/mol. The van der Waals surface area contributed by atoms with Gasteiger partial charge in [0.05, 0.1) is 16.6 Å². The number of imide groups is 1. The first kappa shape index (κ1) is 20.5. The van der Waals surface area contributed by atoms with E-state index in [2.05, 4.69) is 10.2 Å². The lowest BCUT2D eigenvalue weighted by Crippen LogP contribution is -2.50. The molecule has 152 valence electrons. The lowest BCUT2D eigenvalue weighted by molar-refractivity contribution is -0.134. The molecule has 7 nitrogen and oxygen atoms in total. The molecule has 0 saturated carbocycles. The van der Waals surface area contributed by atoms with Crippen molar-refractivity contribution < 1.29 is 19.1 Å². The molecule has 2 heterocycles. The fraction of sp³-hybridized carbons (Fsp3) is 0.550. The van der Waals surface area contributed by atoms with E-state index in [9.17, 15) is 14.4 Å². The molecule has 1 unspecified atom stereocenters. The Bertz CT molecular complexity index is 782. The van der Waals surface area contributed by atoms with E-state index < -0.39 is 11.5 Å². The van der Waals surface area contributed by atoms with Gasteiger partial charge in [0.1, 0.15) is 5.60 Å². The molecule has 3 amide bonds. The number of anilines is 1. The first-order valence-corrected chi connectivity index (χ1v) is 9.88. The molecule has 1 atom stereocenters. The smallest absolute Gasteiger partial charge is 0.410 e. The maximum atomic E-state index is 12.2. The third-order valence-corrected chi connectivity index (χ3v) is 5.31. The van der Waals surface area contributed by atoms with Crippen LogP contribution in [-0.2, 0) is 14.3 Å². The van der Waals surface area contributed by atoms with Crippen LogP contribution in [0.2, 0.25) is 5.02 Å². The summed E-state index contributed by atoms with van der Waals surface area (Å²) in [7, 11) is 0. The molecular weight excluding hydrogens is 382 g/mol. The number of hydrogen-bond acceptors (Lipinski definition) is 5. The molecule has 1 aromatic rings. The van der Waals surface area contributed by atoms with Gasteiger partial charge in [0.2, 0.25) is 11.8 Å². The number of amides is 3. The highest BCUT2D eigenvalue weighted by Crippen LogP contribution is 2.37. The van der Waals surface area contributed by atoms with Crippen molar-refractivity contribution in [2.45, 2.75) is 45.1 Å². The Morgan fingerprint density at radius 1 is 1.18 bits per heavy atom. The van der Waals surface area contributed by atoms with Gasteiger partial charge in [-0.3, -0.25) is 14.9 Å². The van der Waals surface area contributed by atoms with Gasteiger partial charge in [0.15, 0.2) is 0 Å². The first-order chi connectivity index (χ1) is 13.2. The van der Waals surface area contributed by atoms with E-state index in [1.807, 2.05) is 39.0 Å². The SMILES string of the molecule is CC(C)(C)OC(=O)N1CCN(c2cccc(C3CCC(=O)NC3=O)c2Cl)CC1. The summed E-state index contributed by atoms with van der Waals surface area (Å²) >= 11 is 6.65. The average molecular weight is 408 g/mol. The molecular formula is C20H26ClN3O4. The van der Waals surface area contributed by atoms with Crippen molar-refractivity contribution in [2.24, 2.45) is 0 Å². The van der Waals surface area contributed by atoms with Gasteiger partial charge in [-0.15, -0.1) is 0 Å². The molecule has 1 aromatic carbocycles. The number of benzene rings is 1. The summed E-state index contributed by atoms with van der Waals surface area (Å²) in [4.78, 5) is 39.7. The first-order valence-electron chi connectivity index (χ1n) is 9.50. The Balaban J connectivity index is 1.70. The minimum absolute atomic E-state index is 0.244. The van der Waals surface area contributed by atoms with Gasteiger partial charge < -0.3 is 14.5 Å². The molecule has 0 bridgehead atoms. The van der Waals surface area contributed by atoms with E-state index in [1.165, 1.54) is 0 Å². The third kappa shape index (κ3) is 4.58. The van der Waals surface area contributed by atoms with Crippen molar-refractivity contribution in [3.63, 3.8) is 0 Å². The number of rotatable bonds is 2. The Hall–Kier alpha value is -2.28. The van der Waals surface area contributed by atoms with Crippen LogP contribution in [0.5, 0.6) is 0 Å². The summed E-state index contributed by atoms with van der Waals surface area (Å²) < 4.78 is 5.43. The van der Waals surface area contributed by atoms with Crippen molar-refractivity contribution in [1.82, 2.24) is 10.2 Å². The van der Waals surface area contributed by atoms with E-state index in [1.54, 1.807) is 4.90 Å². The van der Waals surface area contributed by atoms with Crippen LogP contribution in [0, 0.1) is 0 Å². The van der Waals surface area contributed by atoms with Crippen molar-refractivity contribution in [1.29, 1.82) is 0 Å². The Labute approximate surface area is 169 Å². The van der Waals surface area contributed by atoms with Crippen LogP contribution in [0.3, 0.4) is 0 Å². The van der Waals surface area contributed by atoms with Gasteiger partial charge in [-0.1, -0.05) is 23.7 Å². The van der Waals surface area contributed by atoms with Gasteiger partial charge in [0, 0.05) is 32.6 Å². The van der Waals surface area contributed by atoms with Gasteiger partial charge in [0.25, 0.3) is 0 Å². The monoisotopic (exact) mass is 407 g/mol. The van der Waals surface area contributed by atoms with E-state index in [0.29, 0.717) is 44.0 Å². The van der Waals surface area contributed by atoms with E-state index >= 15 is 0 Å². The highest BCUT2D eigenvalue weighted by Gasteiger charge is 2.31. The fourth-order valence-electron chi connectivity index (χ4n) is 3.50. The Morgan fingerprint density at radius 3 is 2.46 bits per heavy atom. The van der Waals surface area contributed by atoms with Gasteiger partial charge in [-0.2, -0.15) is 0 Å². The summed E-state index contributed by atoms with van der Waals surface area (Å²) in [6, 6.07) is 5.63. The minimum Gasteiger partial charge on any atom is -0.444 e. The predicted octanol–water partition coefficient (Wildman–Crippen LogP) is 2.92. The van der Waals surface area contributed by atoms with Crippen LogP contribution in [0.25, 0.3) is 0 Å². The lowest BCUT2D eigenvalue weighted by atomic mass is 9.90. The second-order valence-corrected chi connectivity index (χ2v) is 8.52. The van der Waals surface area contributed by atoms with Crippen molar-refractivity contribution in [2.75, 3.05) is 31.1 Å². The van der Waals surface area contributed by atoms with Crippen molar-refractivity contribution >= 4 is 35.2 Å². The number of piperazine rings is 1. The fourth-order valence-corrected chi connectivity index (χ4v) is 3.87. The maximum absolute atomic E-state index is 12.2. The van der Waals surface area contributed by atoms with Crippen molar-refractivity contribution in [3.05, 3.63) is 28.8 Å². The molecule has 0 aromatic heterocycles. The topological polar surface area (TPSA) is 79.0 Å². The van der Waals surface area contributed by atoms with Gasteiger partial charge in [-0.25, -0.2) is 4.79 Å². The van der Waals surface area contributed by atoms with E-state index in [4.69, 9.17) is 16.3 Å². The zero-order valence-electron chi connectivity index (χ0n) is 16.5. The molecule has 0 spiro atoms. The summed E-state index contributed by atoms with van der Waals surface area (Å²) in [5, 5.41) is 2.91. The standard InChI is InChI=1S/C20H26ClN3O4/c1-20(2,3)28-19(27)24-11-9-23(10-12-24)15-6-4-5-13(17(15)21)14-7-8-16(25)22-18(14)26/h4-6,14H,7-12H2,1-3H3,(H,22,25,26). The van der Waals surface area contributed by atoms with Crippen LogP contribution in [0.15, 0.2) is 18.2 Å². The molecule has 8 heteroatoms. The number of carbonyl (C=O) groups excluding carboxylic acids is 3. The number of carbonyl (C=O) groups is 3. The molecule has 1 N–H and O–H groups in total. The third-order valence-electron chi connectivity index (χ3n) is 4.89. The van der Waals surface area contributed by atoms with Crippen LogP contribution < -0.4 is 10.2 Å². The summed E-state index contributed by atoms with van der Waals surface area (Å²) in [6.07, 6.45) is 0.460. The second kappa shape index (κ2) is 7.99. The molecule has 0 aliphatic carbocycles. The van der Waals surface area contributed by atoms with Gasteiger partial charge in [-0.05, 0) is 38.8 Å². The second-order valence-electron chi connectivity index (χ2n) is 8.14. The number of halogens is 1. The molecule has 2 saturated heterocycles. The minimum atomic E-state index is -0.520. The number of nitrogens with one attached hydrogen (secondary N) is 1. The molecule has 2 aliphatic rings. The lowest BCUT2D eigenvalue weighted by Gasteiger charge is -2.37. The Kier molecular flexibility index (Phi) is 5.84. The number of piperidine rings is 1. The molecule has 0 radical (unpaired) electrons.